The summed E-state index contributed by atoms with van der Waals surface area (Å²) in [6.45, 7) is 3.26. The normalized spacial score (nSPS) is 24.3. The zero-order valence-electron chi connectivity index (χ0n) is 14.9. The highest BCUT2D eigenvalue weighted by molar-refractivity contribution is 5.95. The number of nitrogen functional groups attached to an aromatic ring is 1. The standard InChI is InChI=1S/C15H20N4O8/c1-5(20)24-4-8-10(25-6(2)21)11(26-7(3)22)12(27-8)15-18-9(14(17)23)13(16)19-15/h8,10-12H,4,16H2,1-3H3,(H2,17,23)(H,18,19)/t8-,10-,11-,12-/m1/s1. The number of esters is 3. The monoisotopic (exact) mass is 384 g/mol. The van der Waals surface area contributed by atoms with E-state index in [4.69, 9.17) is 30.4 Å². The molecular formula is C15H20N4O8. The third-order valence-corrected chi connectivity index (χ3v) is 3.63. The largest absolute Gasteiger partial charge is 0.463 e. The number of nitrogens with two attached hydrogens (primary N) is 2. The topological polar surface area (TPSA) is 186 Å². The van der Waals surface area contributed by atoms with Crippen LogP contribution in [0.25, 0.3) is 0 Å². The molecule has 1 aliphatic rings. The molecule has 5 N–H and O–H groups in total. The van der Waals surface area contributed by atoms with Crippen LogP contribution >= 0.6 is 0 Å². The first-order chi connectivity index (χ1) is 12.6. The lowest BCUT2D eigenvalue weighted by molar-refractivity contribution is -0.165. The molecule has 0 spiro atoms. The van der Waals surface area contributed by atoms with Crippen molar-refractivity contribution in [2.24, 2.45) is 5.73 Å². The van der Waals surface area contributed by atoms with Gasteiger partial charge in [-0.2, -0.15) is 0 Å². The van der Waals surface area contributed by atoms with Gasteiger partial charge in [-0.1, -0.05) is 0 Å². The average Bonchev–Trinajstić information content (AvgIpc) is 3.06. The van der Waals surface area contributed by atoms with Crippen LogP contribution in [0.5, 0.6) is 0 Å². The quantitative estimate of drug-likeness (QED) is 0.404. The second-order valence-corrected chi connectivity index (χ2v) is 5.79. The molecule has 1 fully saturated rings. The molecule has 12 nitrogen and oxygen atoms in total. The molecule has 0 aromatic carbocycles. The van der Waals surface area contributed by atoms with Gasteiger partial charge in [-0.3, -0.25) is 19.2 Å². The fourth-order valence-electron chi connectivity index (χ4n) is 2.66. The molecule has 148 valence electrons. The fourth-order valence-corrected chi connectivity index (χ4v) is 2.66. The number of carbonyl (C=O) groups is 4. The van der Waals surface area contributed by atoms with Crippen molar-refractivity contribution in [3.8, 4) is 0 Å². The maximum atomic E-state index is 11.5. The number of aromatic nitrogens is 2. The van der Waals surface area contributed by atoms with E-state index in [0.29, 0.717) is 0 Å². The molecule has 1 aromatic rings. The van der Waals surface area contributed by atoms with Crippen LogP contribution in [-0.2, 0) is 33.3 Å². The molecule has 1 aliphatic heterocycles. The van der Waals surface area contributed by atoms with Crippen LogP contribution in [0.4, 0.5) is 5.82 Å². The molecule has 0 aliphatic carbocycles. The molecule has 1 amide bonds. The minimum Gasteiger partial charge on any atom is -0.463 e. The Labute approximate surface area is 153 Å². The third kappa shape index (κ3) is 4.73. The molecule has 0 saturated carbocycles. The lowest BCUT2D eigenvalue weighted by Crippen LogP contribution is -2.40. The minimum absolute atomic E-state index is 0.0371. The molecule has 0 bridgehead atoms. The van der Waals surface area contributed by atoms with E-state index in [0.717, 1.165) is 13.8 Å². The highest BCUT2D eigenvalue weighted by Gasteiger charge is 2.51. The van der Waals surface area contributed by atoms with Gasteiger partial charge in [-0.05, 0) is 0 Å². The number of hydrogen-bond acceptors (Lipinski definition) is 10. The SMILES string of the molecule is CC(=O)OC[C@H]1O[C@@H](c2nc(N)c(C(N)=O)[nH]2)[C@H](OC(C)=O)[C@@H]1OC(C)=O. The van der Waals surface area contributed by atoms with E-state index in [1.807, 2.05) is 0 Å². The number of primary amides is 1. The van der Waals surface area contributed by atoms with Crippen molar-refractivity contribution in [2.75, 3.05) is 12.3 Å². The van der Waals surface area contributed by atoms with Crippen molar-refractivity contribution >= 4 is 29.6 Å². The molecule has 1 saturated heterocycles. The van der Waals surface area contributed by atoms with Crippen molar-refractivity contribution in [3.05, 3.63) is 11.5 Å². The predicted octanol–water partition coefficient (Wildman–Crippen LogP) is -1.04. The minimum atomic E-state index is -1.13. The molecule has 1 aromatic heterocycles. The van der Waals surface area contributed by atoms with Crippen LogP contribution in [0.1, 0.15) is 43.2 Å². The molecule has 0 radical (unpaired) electrons. The Bertz CT molecular complexity index is 761. The van der Waals surface area contributed by atoms with E-state index < -0.39 is 48.2 Å². The molecule has 2 heterocycles. The Morgan fingerprint density at radius 3 is 2.15 bits per heavy atom. The highest BCUT2D eigenvalue weighted by Crippen LogP contribution is 2.37. The number of nitrogens with one attached hydrogen (secondary N) is 1. The average molecular weight is 384 g/mol. The number of ether oxygens (including phenoxy) is 4. The van der Waals surface area contributed by atoms with Crippen LogP contribution in [0.2, 0.25) is 0 Å². The van der Waals surface area contributed by atoms with Crippen LogP contribution in [0.3, 0.4) is 0 Å². The molecule has 2 rings (SSSR count). The smallest absolute Gasteiger partial charge is 0.303 e. The lowest BCUT2D eigenvalue weighted by atomic mass is 10.1. The van der Waals surface area contributed by atoms with E-state index >= 15 is 0 Å². The summed E-state index contributed by atoms with van der Waals surface area (Å²) in [7, 11) is 0. The van der Waals surface area contributed by atoms with Gasteiger partial charge in [-0.15, -0.1) is 0 Å². The first-order valence-electron chi connectivity index (χ1n) is 7.88. The van der Waals surface area contributed by atoms with Gasteiger partial charge in [0.15, 0.2) is 24.1 Å². The molecule has 12 heteroatoms. The zero-order valence-corrected chi connectivity index (χ0v) is 14.9. The molecular weight excluding hydrogens is 364 g/mol. The van der Waals surface area contributed by atoms with Gasteiger partial charge in [0.2, 0.25) is 0 Å². The van der Waals surface area contributed by atoms with Gasteiger partial charge in [0.1, 0.15) is 24.2 Å². The second-order valence-electron chi connectivity index (χ2n) is 5.79. The number of carbonyl (C=O) groups excluding carboxylic acids is 4. The van der Waals surface area contributed by atoms with Crippen molar-refractivity contribution in [1.29, 1.82) is 0 Å². The van der Waals surface area contributed by atoms with Crippen LogP contribution in [0, 0.1) is 0 Å². The lowest BCUT2D eigenvalue weighted by Gasteiger charge is -2.22. The Morgan fingerprint density at radius 1 is 1.07 bits per heavy atom. The Hall–Kier alpha value is -3.15. The van der Waals surface area contributed by atoms with Gasteiger partial charge in [-0.25, -0.2) is 4.98 Å². The van der Waals surface area contributed by atoms with Gasteiger partial charge < -0.3 is 35.4 Å². The van der Waals surface area contributed by atoms with Crippen molar-refractivity contribution in [3.63, 3.8) is 0 Å². The van der Waals surface area contributed by atoms with E-state index in [-0.39, 0.29) is 23.9 Å². The first-order valence-corrected chi connectivity index (χ1v) is 7.88. The predicted molar refractivity (Wildman–Crippen MR) is 86.9 cm³/mol. The maximum Gasteiger partial charge on any atom is 0.303 e. The van der Waals surface area contributed by atoms with Gasteiger partial charge in [0.25, 0.3) is 5.91 Å². The van der Waals surface area contributed by atoms with Crippen LogP contribution < -0.4 is 11.5 Å². The van der Waals surface area contributed by atoms with Gasteiger partial charge >= 0.3 is 17.9 Å². The Morgan fingerprint density at radius 2 is 1.67 bits per heavy atom. The van der Waals surface area contributed by atoms with E-state index in [9.17, 15) is 19.2 Å². The Balaban J connectivity index is 2.39. The number of aromatic amines is 1. The van der Waals surface area contributed by atoms with Crippen LogP contribution in [-0.4, -0.2) is 58.7 Å². The van der Waals surface area contributed by atoms with E-state index in [1.54, 1.807) is 0 Å². The summed E-state index contributed by atoms with van der Waals surface area (Å²) in [6, 6.07) is 0. The maximum absolute atomic E-state index is 11.5. The van der Waals surface area contributed by atoms with Gasteiger partial charge in [0.05, 0.1) is 0 Å². The summed E-state index contributed by atoms with van der Waals surface area (Å²) in [5, 5.41) is 0. The molecule has 4 atom stereocenters. The molecule has 0 unspecified atom stereocenters. The van der Waals surface area contributed by atoms with Gasteiger partial charge in [0, 0.05) is 20.8 Å². The van der Waals surface area contributed by atoms with E-state index in [1.165, 1.54) is 6.92 Å². The first kappa shape index (κ1) is 20.2. The summed E-state index contributed by atoms with van der Waals surface area (Å²) in [5.74, 6) is -2.89. The van der Waals surface area contributed by atoms with E-state index in [2.05, 4.69) is 9.97 Å². The number of imidazole rings is 1. The van der Waals surface area contributed by atoms with Crippen LogP contribution in [0.15, 0.2) is 0 Å². The number of rotatable bonds is 6. The summed E-state index contributed by atoms with van der Waals surface area (Å²) in [6.07, 6.45) is -4.23. The fraction of sp³-hybridized carbons (Fsp3) is 0.533. The summed E-state index contributed by atoms with van der Waals surface area (Å²) < 4.78 is 21.1. The number of anilines is 1. The van der Waals surface area contributed by atoms with Crippen molar-refractivity contribution < 1.29 is 38.1 Å². The zero-order chi connectivity index (χ0) is 20.3. The number of amides is 1. The highest BCUT2D eigenvalue weighted by atomic mass is 16.6. The van der Waals surface area contributed by atoms with Crippen molar-refractivity contribution in [1.82, 2.24) is 9.97 Å². The molecule has 27 heavy (non-hydrogen) atoms. The summed E-state index contributed by atoms with van der Waals surface area (Å²) in [5.41, 5.74) is 10.7. The second kappa shape index (κ2) is 8.03. The number of H-pyrrole nitrogens is 1. The van der Waals surface area contributed by atoms with Crippen molar-refractivity contribution in [2.45, 2.75) is 45.2 Å². The number of hydrogen-bond donors (Lipinski definition) is 3. The summed E-state index contributed by atoms with van der Waals surface area (Å²) in [4.78, 5) is 52.1. The third-order valence-electron chi connectivity index (χ3n) is 3.63. The Kier molecular flexibility index (Phi) is 6.00. The summed E-state index contributed by atoms with van der Waals surface area (Å²) >= 11 is 0. The number of nitrogens with zero attached hydrogens (tertiary/aromatic N) is 1.